The molecule has 1 fully saturated rings. The molecule has 0 radical (unpaired) electrons. The molecule has 2 heterocycles. The van der Waals surface area contributed by atoms with Gasteiger partial charge in [-0.15, -0.1) is 0 Å². The summed E-state index contributed by atoms with van der Waals surface area (Å²) in [7, 11) is 0. The molecule has 0 aromatic carbocycles. The highest BCUT2D eigenvalue weighted by atomic mass is 127. The molecule has 0 amide bonds. The summed E-state index contributed by atoms with van der Waals surface area (Å²) in [5.41, 5.74) is 4.68. The number of nitrogens with two attached hydrogens (primary N) is 1. The van der Waals surface area contributed by atoms with Crippen LogP contribution in [0.5, 0.6) is 0 Å². The lowest BCUT2D eigenvalue weighted by atomic mass is 10.1. The summed E-state index contributed by atoms with van der Waals surface area (Å²) in [4.78, 5) is 15.1. The Hall–Kier alpha value is -0.780. The summed E-state index contributed by atoms with van der Waals surface area (Å²) in [6.07, 6.45) is -4.38. The van der Waals surface area contributed by atoms with Crippen LogP contribution >= 0.6 is 22.6 Å². The van der Waals surface area contributed by atoms with Crippen molar-refractivity contribution in [1.29, 1.82) is 0 Å². The van der Waals surface area contributed by atoms with Crippen LogP contribution in [0.2, 0.25) is 0 Å². The van der Waals surface area contributed by atoms with E-state index >= 15 is 0 Å². The molecule has 1 aliphatic rings. The van der Waals surface area contributed by atoms with Crippen molar-refractivity contribution in [3.8, 4) is 0 Å². The van der Waals surface area contributed by atoms with Crippen LogP contribution in [-0.2, 0) is 4.74 Å². The lowest BCUT2D eigenvalue weighted by Crippen LogP contribution is -2.34. The van der Waals surface area contributed by atoms with E-state index in [0.717, 1.165) is 4.57 Å². The van der Waals surface area contributed by atoms with Gasteiger partial charge in [-0.3, -0.25) is 4.57 Å². The molecule has 1 saturated heterocycles. The van der Waals surface area contributed by atoms with Crippen LogP contribution in [0.1, 0.15) is 6.23 Å². The first kappa shape index (κ1) is 13.6. The molecular weight excluding hydrogens is 360 g/mol. The molecule has 1 unspecified atom stereocenters. The largest absolute Gasteiger partial charge is 0.394 e. The maximum Gasteiger partial charge on any atom is 0.351 e. The number of halogens is 2. The van der Waals surface area contributed by atoms with E-state index in [0.29, 0.717) is 3.57 Å². The van der Waals surface area contributed by atoms with E-state index in [9.17, 15) is 14.3 Å². The summed E-state index contributed by atoms with van der Waals surface area (Å²) in [6, 6.07) is 0. The molecule has 1 aromatic rings. The van der Waals surface area contributed by atoms with Gasteiger partial charge in [0.1, 0.15) is 18.0 Å². The predicted octanol–water partition coefficient (Wildman–Crippen LogP) is -0.981. The van der Waals surface area contributed by atoms with Gasteiger partial charge in [0.25, 0.3) is 0 Å². The van der Waals surface area contributed by atoms with E-state index < -0.39 is 36.9 Å². The third kappa shape index (κ3) is 2.22. The fraction of sp³-hybridized carbons (Fsp3) is 0.556. The number of nitrogens with zero attached hydrogens (tertiary/aromatic N) is 2. The van der Waals surface area contributed by atoms with Crippen molar-refractivity contribution >= 4 is 28.4 Å². The third-order valence-electron chi connectivity index (χ3n) is 2.68. The van der Waals surface area contributed by atoms with Gasteiger partial charge >= 0.3 is 5.69 Å². The van der Waals surface area contributed by atoms with Crippen molar-refractivity contribution in [3.05, 3.63) is 20.3 Å². The van der Waals surface area contributed by atoms with E-state index in [1.807, 2.05) is 22.6 Å². The summed E-state index contributed by atoms with van der Waals surface area (Å²) < 4.78 is 20.3. The molecule has 4 N–H and O–H groups in total. The minimum atomic E-state index is -1.82. The van der Waals surface area contributed by atoms with Crippen LogP contribution in [-0.4, -0.2) is 44.8 Å². The van der Waals surface area contributed by atoms with Crippen LogP contribution in [0.3, 0.4) is 0 Å². The zero-order valence-corrected chi connectivity index (χ0v) is 11.2. The van der Waals surface area contributed by atoms with E-state index in [2.05, 4.69) is 4.98 Å². The Bertz CT molecular complexity index is 511. The number of hydrogen-bond acceptors (Lipinski definition) is 6. The molecule has 0 saturated carbocycles. The topological polar surface area (TPSA) is 111 Å². The first-order chi connectivity index (χ1) is 8.45. The smallest absolute Gasteiger partial charge is 0.351 e. The normalized spacial score (nSPS) is 31.8. The van der Waals surface area contributed by atoms with Crippen LogP contribution < -0.4 is 11.4 Å². The Kier molecular flexibility index (Phi) is 3.84. The highest BCUT2D eigenvalue weighted by Gasteiger charge is 2.45. The number of aliphatic hydroxyl groups excluding tert-OH is 2. The number of aromatic nitrogens is 2. The fourth-order valence-electron chi connectivity index (χ4n) is 1.72. The van der Waals surface area contributed by atoms with E-state index in [1.165, 1.54) is 6.20 Å². The summed E-state index contributed by atoms with van der Waals surface area (Å²) in [6.45, 7) is -0.535. The van der Waals surface area contributed by atoms with E-state index in [-0.39, 0.29) is 5.82 Å². The number of aliphatic hydroxyl groups is 2. The molecule has 100 valence electrons. The van der Waals surface area contributed by atoms with Crippen LogP contribution in [0.4, 0.5) is 10.2 Å². The molecule has 2 rings (SSSR count). The Labute approximate surface area is 115 Å². The van der Waals surface area contributed by atoms with Gasteiger partial charge in [0, 0.05) is 6.20 Å². The maximum absolute atomic E-state index is 13.8. The molecule has 9 heteroatoms. The Morgan fingerprint density at radius 3 is 2.89 bits per heavy atom. The molecule has 1 aromatic heterocycles. The number of rotatable bonds is 2. The second-order valence-electron chi connectivity index (χ2n) is 3.85. The number of nitrogen functional groups attached to an aromatic ring is 1. The van der Waals surface area contributed by atoms with Crippen molar-refractivity contribution in [2.24, 2.45) is 0 Å². The van der Waals surface area contributed by atoms with Gasteiger partial charge in [0.05, 0.1) is 10.2 Å². The monoisotopic (exact) mass is 371 g/mol. The Balaban J connectivity index is 2.39. The molecule has 0 spiro atoms. The first-order valence-corrected chi connectivity index (χ1v) is 6.16. The average molecular weight is 371 g/mol. The molecule has 0 aliphatic carbocycles. The molecular formula is C9H11FIN3O4. The average Bonchev–Trinajstić information content (AvgIpc) is 2.61. The van der Waals surface area contributed by atoms with Crippen molar-refractivity contribution in [3.63, 3.8) is 0 Å². The van der Waals surface area contributed by atoms with E-state index in [1.54, 1.807) is 0 Å². The van der Waals surface area contributed by atoms with E-state index in [4.69, 9.17) is 15.6 Å². The number of hydrogen-bond donors (Lipinski definition) is 3. The highest BCUT2D eigenvalue weighted by molar-refractivity contribution is 14.1. The maximum atomic E-state index is 13.8. The molecule has 4 atom stereocenters. The molecule has 18 heavy (non-hydrogen) atoms. The second-order valence-corrected chi connectivity index (χ2v) is 5.01. The SMILES string of the molecule is Nc1nc(=O)n(C2O[C@H](CO)[C@@H](O)[C@@H]2F)cc1I. The molecule has 7 nitrogen and oxygen atoms in total. The summed E-state index contributed by atoms with van der Waals surface area (Å²) >= 11 is 1.84. The van der Waals surface area contributed by atoms with Crippen LogP contribution in [0.15, 0.2) is 11.0 Å². The van der Waals surface area contributed by atoms with Gasteiger partial charge in [0.2, 0.25) is 0 Å². The van der Waals surface area contributed by atoms with Crippen molar-refractivity contribution in [2.75, 3.05) is 12.3 Å². The number of anilines is 1. The highest BCUT2D eigenvalue weighted by Crippen LogP contribution is 2.31. The predicted molar refractivity (Wildman–Crippen MR) is 67.5 cm³/mol. The lowest BCUT2D eigenvalue weighted by molar-refractivity contribution is -0.0491. The van der Waals surface area contributed by atoms with Gasteiger partial charge in [0.15, 0.2) is 12.4 Å². The Morgan fingerprint density at radius 1 is 1.67 bits per heavy atom. The second kappa shape index (κ2) is 5.07. The Morgan fingerprint density at radius 2 is 2.33 bits per heavy atom. The van der Waals surface area contributed by atoms with Crippen molar-refractivity contribution in [1.82, 2.24) is 9.55 Å². The summed E-state index contributed by atoms with van der Waals surface area (Å²) in [5.74, 6) is 0.0458. The van der Waals surface area contributed by atoms with Gasteiger partial charge in [-0.1, -0.05) is 0 Å². The zero-order chi connectivity index (χ0) is 13.4. The third-order valence-corrected chi connectivity index (χ3v) is 3.51. The minimum Gasteiger partial charge on any atom is -0.394 e. The summed E-state index contributed by atoms with van der Waals surface area (Å²) in [5, 5.41) is 18.4. The number of ether oxygens (including phenoxy) is 1. The number of alkyl halides is 1. The zero-order valence-electron chi connectivity index (χ0n) is 9.03. The molecule has 0 bridgehead atoms. The minimum absolute atomic E-state index is 0.0458. The van der Waals surface area contributed by atoms with Gasteiger partial charge in [-0.2, -0.15) is 4.98 Å². The van der Waals surface area contributed by atoms with Crippen molar-refractivity contribution in [2.45, 2.75) is 24.6 Å². The van der Waals surface area contributed by atoms with Gasteiger partial charge < -0.3 is 20.7 Å². The van der Waals surface area contributed by atoms with Gasteiger partial charge in [-0.25, -0.2) is 9.18 Å². The van der Waals surface area contributed by atoms with Crippen LogP contribution in [0.25, 0.3) is 0 Å². The van der Waals surface area contributed by atoms with Crippen molar-refractivity contribution < 1.29 is 19.3 Å². The molecule has 1 aliphatic heterocycles. The quantitative estimate of drug-likeness (QED) is 0.577. The first-order valence-electron chi connectivity index (χ1n) is 5.08. The van der Waals surface area contributed by atoms with Gasteiger partial charge in [-0.05, 0) is 22.6 Å². The van der Waals surface area contributed by atoms with Crippen LogP contribution in [0, 0.1) is 3.57 Å². The standard InChI is InChI=1S/C9H11FIN3O4/c10-5-6(16)4(2-15)18-8(5)14-1-3(11)7(12)13-9(14)17/h1,4-6,8,15-16H,2H2,(H2,12,13,17)/t4-,5+,6-,8?/m1/s1. The fourth-order valence-corrected chi connectivity index (χ4v) is 2.14. The lowest BCUT2D eigenvalue weighted by Gasteiger charge is -2.16.